The predicted molar refractivity (Wildman–Crippen MR) is 163 cm³/mol. The SMILES string of the molecule is Cc1cc(-c2cccc(-c3cccc4c3sc3c(-c5cc6ccccc6cn5)ccc(C)c34)c2)cc(C)n1. The summed E-state index contributed by atoms with van der Waals surface area (Å²) in [6.45, 7) is 6.33. The van der Waals surface area contributed by atoms with Crippen molar-refractivity contribution >= 4 is 42.3 Å². The first-order chi connectivity index (χ1) is 18.5. The number of benzene rings is 4. The fourth-order valence-electron chi connectivity index (χ4n) is 5.60. The van der Waals surface area contributed by atoms with Gasteiger partial charge in [-0.2, -0.15) is 0 Å². The topological polar surface area (TPSA) is 25.8 Å². The molecule has 3 heterocycles. The van der Waals surface area contributed by atoms with Crippen LogP contribution < -0.4 is 0 Å². The van der Waals surface area contributed by atoms with Crippen molar-refractivity contribution in [2.24, 2.45) is 0 Å². The van der Waals surface area contributed by atoms with Crippen molar-refractivity contribution in [1.29, 1.82) is 0 Å². The summed E-state index contributed by atoms with van der Waals surface area (Å²) in [5.41, 5.74) is 10.5. The number of aromatic nitrogens is 2. The van der Waals surface area contributed by atoms with Crippen LogP contribution >= 0.6 is 11.3 Å². The van der Waals surface area contributed by atoms with Crippen molar-refractivity contribution in [3.63, 3.8) is 0 Å². The highest BCUT2D eigenvalue weighted by molar-refractivity contribution is 7.27. The van der Waals surface area contributed by atoms with E-state index in [-0.39, 0.29) is 0 Å². The molecule has 0 spiro atoms. The second-order valence-electron chi connectivity index (χ2n) is 10.1. The second-order valence-corrected chi connectivity index (χ2v) is 11.1. The van der Waals surface area contributed by atoms with Crippen molar-refractivity contribution in [3.8, 4) is 33.5 Å². The van der Waals surface area contributed by atoms with E-state index in [2.05, 4.69) is 123 Å². The zero-order chi connectivity index (χ0) is 25.8. The number of aryl methyl sites for hydroxylation is 3. The van der Waals surface area contributed by atoms with E-state index in [1.165, 1.54) is 58.9 Å². The molecule has 0 atom stereocenters. The Labute approximate surface area is 226 Å². The van der Waals surface area contributed by atoms with E-state index in [1.807, 2.05) is 17.5 Å². The largest absolute Gasteiger partial charge is 0.258 e. The molecule has 0 amide bonds. The third kappa shape index (κ3) is 3.79. The van der Waals surface area contributed by atoms with Gasteiger partial charge < -0.3 is 0 Å². The van der Waals surface area contributed by atoms with Crippen LogP contribution in [0, 0.1) is 20.8 Å². The highest BCUT2D eigenvalue weighted by Crippen LogP contribution is 2.45. The lowest BCUT2D eigenvalue weighted by Gasteiger charge is -2.09. The Kier molecular flexibility index (Phi) is 5.34. The van der Waals surface area contributed by atoms with Crippen LogP contribution in [0.1, 0.15) is 17.0 Å². The molecular formula is C35H26N2S. The van der Waals surface area contributed by atoms with Gasteiger partial charge in [0, 0.05) is 48.7 Å². The van der Waals surface area contributed by atoms with Gasteiger partial charge in [0.15, 0.2) is 0 Å². The summed E-state index contributed by atoms with van der Waals surface area (Å²) in [5, 5.41) is 5.02. The fourth-order valence-corrected chi connectivity index (χ4v) is 7.03. The maximum atomic E-state index is 4.87. The van der Waals surface area contributed by atoms with Gasteiger partial charge in [-0.3, -0.25) is 9.97 Å². The van der Waals surface area contributed by atoms with E-state index in [0.717, 1.165) is 22.5 Å². The molecule has 4 aromatic carbocycles. The first kappa shape index (κ1) is 22.8. The third-order valence-electron chi connectivity index (χ3n) is 7.35. The number of fused-ring (bicyclic) bond motifs is 4. The van der Waals surface area contributed by atoms with E-state index in [1.54, 1.807) is 0 Å². The van der Waals surface area contributed by atoms with E-state index < -0.39 is 0 Å². The van der Waals surface area contributed by atoms with Gasteiger partial charge in [-0.05, 0) is 78.2 Å². The van der Waals surface area contributed by atoms with Crippen LogP contribution in [0.25, 0.3) is 64.5 Å². The van der Waals surface area contributed by atoms with E-state index in [4.69, 9.17) is 4.98 Å². The Hall–Kier alpha value is -4.34. The van der Waals surface area contributed by atoms with Crippen LogP contribution in [0.15, 0.2) is 103 Å². The number of pyridine rings is 2. The summed E-state index contributed by atoms with van der Waals surface area (Å²) >= 11 is 1.88. The maximum absolute atomic E-state index is 4.87. The molecule has 182 valence electrons. The summed E-state index contributed by atoms with van der Waals surface area (Å²) in [5.74, 6) is 0. The minimum Gasteiger partial charge on any atom is -0.258 e. The van der Waals surface area contributed by atoms with Crippen LogP contribution in [0.5, 0.6) is 0 Å². The standard InChI is InChI=1S/C35H26N2S/c1-21-14-15-30(32-19-25-8-4-5-9-27(25)20-36-32)35-33(21)31-13-7-12-29(34(31)38-35)26-11-6-10-24(18-26)28-16-22(2)37-23(3)17-28/h4-20H,1-3H3. The van der Waals surface area contributed by atoms with Gasteiger partial charge in [-0.25, -0.2) is 0 Å². The molecule has 0 unspecified atom stereocenters. The lowest BCUT2D eigenvalue weighted by Crippen LogP contribution is -1.88. The van der Waals surface area contributed by atoms with Crippen molar-refractivity contribution in [2.45, 2.75) is 20.8 Å². The molecule has 0 aliphatic heterocycles. The lowest BCUT2D eigenvalue weighted by atomic mass is 9.96. The summed E-state index contributed by atoms with van der Waals surface area (Å²) in [6, 6.07) is 35.0. The van der Waals surface area contributed by atoms with Gasteiger partial charge in [0.1, 0.15) is 0 Å². The average Bonchev–Trinajstić information content (AvgIpc) is 3.33. The molecular weight excluding hydrogens is 480 g/mol. The summed E-state index contributed by atoms with van der Waals surface area (Å²) < 4.78 is 2.62. The zero-order valence-electron chi connectivity index (χ0n) is 21.6. The number of thiophene rings is 1. The molecule has 2 nitrogen and oxygen atoms in total. The third-order valence-corrected chi connectivity index (χ3v) is 8.62. The molecule has 0 saturated carbocycles. The normalized spacial score (nSPS) is 11.6. The first-order valence-corrected chi connectivity index (χ1v) is 13.7. The first-order valence-electron chi connectivity index (χ1n) is 12.9. The molecule has 0 N–H and O–H groups in total. The second kappa shape index (κ2) is 8.90. The summed E-state index contributed by atoms with van der Waals surface area (Å²) in [6.07, 6.45) is 1.99. The van der Waals surface area contributed by atoms with Gasteiger partial charge >= 0.3 is 0 Å². The van der Waals surface area contributed by atoms with Gasteiger partial charge in [0.25, 0.3) is 0 Å². The average molecular weight is 507 g/mol. The molecule has 0 aliphatic carbocycles. The lowest BCUT2D eigenvalue weighted by molar-refractivity contribution is 1.12. The fraction of sp³-hybridized carbons (Fsp3) is 0.0857. The van der Waals surface area contributed by atoms with Crippen molar-refractivity contribution in [2.75, 3.05) is 0 Å². The van der Waals surface area contributed by atoms with E-state index >= 15 is 0 Å². The number of rotatable bonds is 3. The van der Waals surface area contributed by atoms with Gasteiger partial charge in [-0.15, -0.1) is 11.3 Å². The Balaban J connectivity index is 1.44. The van der Waals surface area contributed by atoms with Crippen molar-refractivity contribution < 1.29 is 0 Å². The highest BCUT2D eigenvalue weighted by Gasteiger charge is 2.17. The highest BCUT2D eigenvalue weighted by atomic mass is 32.1. The molecule has 3 heteroatoms. The minimum absolute atomic E-state index is 1.02. The molecule has 0 aliphatic rings. The number of nitrogens with zero attached hydrogens (tertiary/aromatic N) is 2. The zero-order valence-corrected chi connectivity index (χ0v) is 22.4. The molecule has 0 saturated heterocycles. The molecule has 0 bridgehead atoms. The minimum atomic E-state index is 1.02. The summed E-state index contributed by atoms with van der Waals surface area (Å²) in [7, 11) is 0. The van der Waals surface area contributed by atoms with Crippen molar-refractivity contribution in [1.82, 2.24) is 9.97 Å². The van der Waals surface area contributed by atoms with Crippen LogP contribution in [0.3, 0.4) is 0 Å². The van der Waals surface area contributed by atoms with Crippen LogP contribution in [-0.2, 0) is 0 Å². The molecule has 38 heavy (non-hydrogen) atoms. The van der Waals surface area contributed by atoms with Crippen molar-refractivity contribution in [3.05, 3.63) is 120 Å². The van der Waals surface area contributed by atoms with Gasteiger partial charge in [0.05, 0.1) is 5.69 Å². The van der Waals surface area contributed by atoms with E-state index in [9.17, 15) is 0 Å². The quantitative estimate of drug-likeness (QED) is 0.238. The number of hydrogen-bond acceptors (Lipinski definition) is 3. The van der Waals surface area contributed by atoms with Crippen LogP contribution in [-0.4, -0.2) is 9.97 Å². The monoisotopic (exact) mass is 506 g/mol. The Morgan fingerprint density at radius 3 is 2.18 bits per heavy atom. The molecule has 0 fully saturated rings. The smallest absolute Gasteiger partial charge is 0.0722 e. The molecule has 7 aromatic rings. The van der Waals surface area contributed by atoms with E-state index in [0.29, 0.717) is 0 Å². The van der Waals surface area contributed by atoms with Crippen LogP contribution in [0.4, 0.5) is 0 Å². The Bertz CT molecular complexity index is 2000. The van der Waals surface area contributed by atoms with Crippen LogP contribution in [0.2, 0.25) is 0 Å². The Morgan fingerprint density at radius 1 is 0.579 bits per heavy atom. The predicted octanol–water partition coefficient (Wildman–Crippen LogP) is 9.92. The molecule has 7 rings (SSSR count). The molecule has 0 radical (unpaired) electrons. The number of hydrogen-bond donors (Lipinski definition) is 0. The van der Waals surface area contributed by atoms with Gasteiger partial charge in [-0.1, -0.05) is 72.8 Å². The summed E-state index contributed by atoms with van der Waals surface area (Å²) in [4.78, 5) is 9.43. The molecule has 3 aromatic heterocycles. The Morgan fingerprint density at radius 2 is 1.34 bits per heavy atom. The maximum Gasteiger partial charge on any atom is 0.0722 e. The van der Waals surface area contributed by atoms with Gasteiger partial charge in [0.2, 0.25) is 0 Å².